The van der Waals surface area contributed by atoms with Crippen molar-refractivity contribution in [3.05, 3.63) is 24.3 Å². The first-order chi connectivity index (χ1) is 9.51. The Morgan fingerprint density at radius 1 is 1.10 bits per heavy atom. The number of hydrogen-bond acceptors (Lipinski definition) is 2. The molecule has 0 unspecified atom stereocenters. The average molecular weight is 286 g/mol. The molecule has 0 aliphatic heterocycles. The van der Waals surface area contributed by atoms with E-state index in [0.29, 0.717) is 24.2 Å². The first-order valence-corrected chi connectivity index (χ1v) is 7.19. The highest BCUT2D eigenvalue weighted by Gasteiger charge is 2.10. The summed E-state index contributed by atoms with van der Waals surface area (Å²) in [6, 6.07) is 6.41. The Bertz CT molecular complexity index is 380. The van der Waals surface area contributed by atoms with E-state index in [1.165, 1.54) is 18.6 Å². The molecular weight excluding hydrogens is 262 g/mol. The van der Waals surface area contributed by atoms with Crippen LogP contribution in [0.1, 0.15) is 40.0 Å². The molecule has 1 aromatic rings. The van der Waals surface area contributed by atoms with E-state index in [1.807, 2.05) is 0 Å². The van der Waals surface area contributed by atoms with Crippen molar-refractivity contribution in [2.24, 2.45) is 11.8 Å². The molecule has 0 heterocycles. The number of hydrogen-bond donors (Lipinski definition) is 0. The van der Waals surface area contributed by atoms with Crippen molar-refractivity contribution in [1.29, 1.82) is 0 Å². The summed E-state index contributed by atoms with van der Waals surface area (Å²) in [7, 11) is 0. The Kier molecular flexibility index (Phi) is 7.34. The average Bonchev–Trinajstić information content (AvgIpc) is 2.38. The predicted octanol–water partition coefficient (Wildman–Crippen LogP) is 5.13. The summed E-state index contributed by atoms with van der Waals surface area (Å²) < 4.78 is 34.3. The van der Waals surface area contributed by atoms with E-state index in [9.17, 15) is 8.78 Å². The van der Waals surface area contributed by atoms with Gasteiger partial charge in [0.15, 0.2) is 0 Å². The van der Waals surface area contributed by atoms with Crippen LogP contribution in [-0.4, -0.2) is 13.2 Å². The second kappa shape index (κ2) is 8.77. The topological polar surface area (TPSA) is 18.5 Å². The zero-order valence-electron chi connectivity index (χ0n) is 12.4. The molecule has 0 saturated heterocycles. The highest BCUT2D eigenvalue weighted by molar-refractivity contribution is 5.32. The van der Waals surface area contributed by atoms with Crippen molar-refractivity contribution in [3.63, 3.8) is 0 Å². The molecule has 114 valence electrons. The highest BCUT2D eigenvalue weighted by Crippen LogP contribution is 2.23. The minimum absolute atomic E-state index is 0.132. The lowest BCUT2D eigenvalue weighted by Gasteiger charge is -2.17. The second-order valence-electron chi connectivity index (χ2n) is 5.41. The molecule has 0 amide bonds. The molecule has 2 nitrogen and oxygen atoms in total. The summed E-state index contributed by atoms with van der Waals surface area (Å²) in [6.07, 6.45) is 3.36. The van der Waals surface area contributed by atoms with Crippen LogP contribution in [0.15, 0.2) is 24.3 Å². The number of ether oxygens (including phenoxy) is 2. The largest absolute Gasteiger partial charge is 0.493 e. The molecule has 0 fully saturated rings. The van der Waals surface area contributed by atoms with Crippen LogP contribution >= 0.6 is 0 Å². The van der Waals surface area contributed by atoms with E-state index in [2.05, 4.69) is 25.5 Å². The summed E-state index contributed by atoms with van der Waals surface area (Å²) in [5, 5.41) is 0. The quantitative estimate of drug-likeness (QED) is 0.626. The first kappa shape index (κ1) is 16.7. The number of benzene rings is 1. The summed E-state index contributed by atoms with van der Waals surface area (Å²) in [4.78, 5) is 0. The van der Waals surface area contributed by atoms with Gasteiger partial charge in [-0.2, -0.15) is 8.78 Å². The summed E-state index contributed by atoms with van der Waals surface area (Å²) >= 11 is 0. The van der Waals surface area contributed by atoms with Crippen LogP contribution in [0.2, 0.25) is 0 Å². The van der Waals surface area contributed by atoms with Crippen LogP contribution in [0.25, 0.3) is 0 Å². The predicted molar refractivity (Wildman–Crippen MR) is 76.4 cm³/mol. The van der Waals surface area contributed by atoms with Gasteiger partial charge in [-0.15, -0.1) is 0 Å². The highest BCUT2D eigenvalue weighted by atomic mass is 19.3. The van der Waals surface area contributed by atoms with E-state index in [-0.39, 0.29) is 5.75 Å². The van der Waals surface area contributed by atoms with E-state index in [1.54, 1.807) is 12.1 Å². The van der Waals surface area contributed by atoms with Gasteiger partial charge in [-0.25, -0.2) is 0 Å². The van der Waals surface area contributed by atoms with Crippen LogP contribution in [0, 0.1) is 11.8 Å². The smallest absolute Gasteiger partial charge is 0.387 e. The second-order valence-corrected chi connectivity index (χ2v) is 5.41. The third-order valence-electron chi connectivity index (χ3n) is 3.25. The van der Waals surface area contributed by atoms with E-state index in [0.717, 1.165) is 12.8 Å². The molecule has 0 spiro atoms. The van der Waals surface area contributed by atoms with Gasteiger partial charge in [0.1, 0.15) is 11.5 Å². The first-order valence-electron chi connectivity index (χ1n) is 7.19. The third-order valence-corrected chi connectivity index (χ3v) is 3.25. The third kappa shape index (κ3) is 6.73. The zero-order chi connectivity index (χ0) is 15.0. The molecule has 0 aromatic heterocycles. The minimum Gasteiger partial charge on any atom is -0.493 e. The van der Waals surface area contributed by atoms with Crippen LogP contribution in [0.4, 0.5) is 8.78 Å². The molecule has 1 aromatic carbocycles. The minimum atomic E-state index is -2.81. The van der Waals surface area contributed by atoms with Gasteiger partial charge in [-0.3, -0.25) is 0 Å². The van der Waals surface area contributed by atoms with Crippen molar-refractivity contribution >= 4 is 0 Å². The Labute approximate surface area is 120 Å². The maximum Gasteiger partial charge on any atom is 0.387 e. The van der Waals surface area contributed by atoms with Gasteiger partial charge in [0, 0.05) is 6.07 Å². The van der Waals surface area contributed by atoms with Crippen LogP contribution < -0.4 is 9.47 Å². The number of rotatable bonds is 9. The summed E-state index contributed by atoms with van der Waals surface area (Å²) in [5.74, 6) is 1.89. The standard InChI is InChI=1S/C16H24F2O2/c1-4-13(9-8-12(2)3)11-19-14-6-5-7-15(10-14)20-16(17)18/h5-7,10,12-13,16H,4,8-9,11H2,1-3H3/t13-/m1/s1. The molecule has 4 heteroatoms. The van der Waals surface area contributed by atoms with Gasteiger partial charge >= 0.3 is 6.61 Å². The molecule has 0 saturated carbocycles. The van der Waals surface area contributed by atoms with Gasteiger partial charge in [-0.05, 0) is 30.4 Å². The van der Waals surface area contributed by atoms with Crippen molar-refractivity contribution in [2.75, 3.05) is 6.61 Å². The number of alkyl halides is 2. The molecule has 0 radical (unpaired) electrons. The van der Waals surface area contributed by atoms with E-state index in [4.69, 9.17) is 4.74 Å². The van der Waals surface area contributed by atoms with Crippen LogP contribution in [0.3, 0.4) is 0 Å². The van der Waals surface area contributed by atoms with Crippen molar-refractivity contribution in [1.82, 2.24) is 0 Å². The molecule has 1 rings (SSSR count). The zero-order valence-corrected chi connectivity index (χ0v) is 12.4. The Morgan fingerprint density at radius 2 is 1.80 bits per heavy atom. The maximum atomic E-state index is 12.1. The van der Waals surface area contributed by atoms with Gasteiger partial charge in [0.25, 0.3) is 0 Å². The van der Waals surface area contributed by atoms with Crippen molar-refractivity contribution in [3.8, 4) is 11.5 Å². The van der Waals surface area contributed by atoms with E-state index >= 15 is 0 Å². The fourth-order valence-electron chi connectivity index (χ4n) is 1.93. The van der Waals surface area contributed by atoms with Crippen molar-refractivity contribution < 1.29 is 18.3 Å². The van der Waals surface area contributed by atoms with Gasteiger partial charge in [0.05, 0.1) is 6.61 Å². The van der Waals surface area contributed by atoms with E-state index < -0.39 is 6.61 Å². The Balaban J connectivity index is 2.46. The molecule has 1 atom stereocenters. The Hall–Kier alpha value is -1.32. The lowest BCUT2D eigenvalue weighted by molar-refractivity contribution is -0.0499. The van der Waals surface area contributed by atoms with Crippen molar-refractivity contribution in [2.45, 2.75) is 46.6 Å². The number of halogens is 2. The molecule has 0 bridgehead atoms. The molecule has 20 heavy (non-hydrogen) atoms. The summed E-state index contributed by atoms with van der Waals surface area (Å²) in [5.41, 5.74) is 0. The SMILES string of the molecule is CC[C@H](CCC(C)C)COc1cccc(OC(F)F)c1. The summed E-state index contributed by atoms with van der Waals surface area (Å²) in [6.45, 7) is 4.36. The van der Waals surface area contributed by atoms with Gasteiger partial charge in [0.2, 0.25) is 0 Å². The molecule has 0 aliphatic rings. The fraction of sp³-hybridized carbons (Fsp3) is 0.625. The normalized spacial score (nSPS) is 12.8. The lowest BCUT2D eigenvalue weighted by Crippen LogP contribution is -2.12. The van der Waals surface area contributed by atoms with Crippen LogP contribution in [-0.2, 0) is 0 Å². The van der Waals surface area contributed by atoms with Gasteiger partial charge < -0.3 is 9.47 Å². The molecule has 0 N–H and O–H groups in total. The van der Waals surface area contributed by atoms with Gasteiger partial charge in [-0.1, -0.05) is 39.7 Å². The Morgan fingerprint density at radius 3 is 2.40 bits per heavy atom. The lowest BCUT2D eigenvalue weighted by atomic mass is 9.96. The monoisotopic (exact) mass is 286 g/mol. The molecule has 0 aliphatic carbocycles. The fourth-order valence-corrected chi connectivity index (χ4v) is 1.93. The molecular formula is C16H24F2O2. The van der Waals surface area contributed by atoms with Crippen LogP contribution in [0.5, 0.6) is 11.5 Å². The maximum absolute atomic E-state index is 12.1.